The molecule has 6 rings (SSSR count). The number of rotatable bonds is 5. The van der Waals surface area contributed by atoms with Crippen molar-refractivity contribution >= 4 is 52.3 Å². The van der Waals surface area contributed by atoms with Crippen LogP contribution in [0.15, 0.2) is 35.3 Å². The molecule has 1 atom stereocenters. The summed E-state index contributed by atoms with van der Waals surface area (Å²) in [6, 6.07) is 5.25. The molecule has 0 aliphatic carbocycles. The van der Waals surface area contributed by atoms with E-state index in [1.807, 2.05) is 0 Å². The second-order valence-electron chi connectivity index (χ2n) is 10.6. The molecule has 237 valence electrons. The van der Waals surface area contributed by atoms with Crippen molar-refractivity contribution in [3.8, 4) is 0 Å². The average molecular weight is 672 g/mol. The molecule has 2 aromatic heterocycles. The maximum Gasteiger partial charge on any atom is 0.493 e. The number of piperazine rings is 1. The Morgan fingerprint density at radius 1 is 1.02 bits per heavy atom. The number of nitrogens with zero attached hydrogens (tertiary/aromatic N) is 6. The SMILES string of the molecule is O=C(C1=[N+]N(OC(=O)C(F)(F)F)C2CN(C(=O)c3cc(Cc4c[nH]c(=O)c5cc(Cl)c(Cl)n45)ccc3F)CCN12)N1CCCC1. The number of carbonyl (C=O) groups is 3. The van der Waals surface area contributed by atoms with Crippen LogP contribution in [-0.4, -0.2) is 97.9 Å². The first-order valence-corrected chi connectivity index (χ1v) is 14.5. The van der Waals surface area contributed by atoms with Crippen molar-refractivity contribution < 1.29 is 36.8 Å². The fourth-order valence-corrected chi connectivity index (χ4v) is 6.04. The number of carbonyl (C=O) groups excluding carboxylic acids is 3. The molecule has 1 aromatic carbocycles. The van der Waals surface area contributed by atoms with Crippen molar-refractivity contribution in [2.45, 2.75) is 31.6 Å². The van der Waals surface area contributed by atoms with Crippen LogP contribution in [0.3, 0.4) is 0 Å². The number of hydrazone groups is 1. The summed E-state index contributed by atoms with van der Waals surface area (Å²) in [4.78, 5) is 61.8. The highest BCUT2D eigenvalue weighted by atomic mass is 35.5. The van der Waals surface area contributed by atoms with Gasteiger partial charge < -0.3 is 14.8 Å². The fraction of sp³-hybridized carbons (Fsp3) is 0.370. The summed E-state index contributed by atoms with van der Waals surface area (Å²) in [5.41, 5.74) is 0.384. The van der Waals surface area contributed by atoms with E-state index in [2.05, 4.69) is 14.9 Å². The van der Waals surface area contributed by atoms with Crippen molar-refractivity contribution in [3.63, 3.8) is 0 Å². The Bertz CT molecular complexity index is 1800. The van der Waals surface area contributed by atoms with Crippen molar-refractivity contribution in [2.75, 3.05) is 32.7 Å². The molecule has 2 amide bonds. The minimum Gasteiger partial charge on any atom is -0.332 e. The molecule has 2 saturated heterocycles. The second kappa shape index (κ2) is 11.6. The molecule has 0 saturated carbocycles. The van der Waals surface area contributed by atoms with Gasteiger partial charge in [0, 0.05) is 36.6 Å². The van der Waals surface area contributed by atoms with Crippen LogP contribution in [0.25, 0.3) is 5.52 Å². The van der Waals surface area contributed by atoms with Crippen LogP contribution in [0.4, 0.5) is 17.6 Å². The van der Waals surface area contributed by atoms with E-state index >= 15 is 4.39 Å². The van der Waals surface area contributed by atoms with Crippen LogP contribution in [0.2, 0.25) is 10.2 Å². The lowest BCUT2D eigenvalue weighted by Gasteiger charge is -2.34. The first kappa shape index (κ1) is 30.7. The number of fused-ring (bicyclic) bond motifs is 2. The van der Waals surface area contributed by atoms with Crippen molar-refractivity contribution in [2.24, 2.45) is 0 Å². The first-order valence-electron chi connectivity index (χ1n) is 13.7. The smallest absolute Gasteiger partial charge is 0.332 e. The van der Waals surface area contributed by atoms with E-state index in [4.69, 9.17) is 23.2 Å². The van der Waals surface area contributed by atoms with Gasteiger partial charge in [0.25, 0.3) is 17.6 Å². The number of H-pyrrole nitrogens is 1. The summed E-state index contributed by atoms with van der Waals surface area (Å²) in [5.74, 6) is -4.95. The van der Waals surface area contributed by atoms with Crippen LogP contribution in [0.5, 0.6) is 0 Å². The summed E-state index contributed by atoms with van der Waals surface area (Å²) >= 11 is 12.4. The number of hydrogen-bond acceptors (Lipinski definition) is 8. The maximum atomic E-state index is 15.0. The Balaban J connectivity index is 1.25. The summed E-state index contributed by atoms with van der Waals surface area (Å²) in [5, 5.41) is 4.52. The molecule has 2 fully saturated rings. The lowest BCUT2D eigenvalue weighted by Crippen LogP contribution is -2.60. The van der Waals surface area contributed by atoms with E-state index in [1.165, 1.54) is 43.5 Å². The van der Waals surface area contributed by atoms with Crippen LogP contribution >= 0.6 is 23.2 Å². The van der Waals surface area contributed by atoms with Crippen molar-refractivity contribution in [3.05, 3.63) is 73.6 Å². The van der Waals surface area contributed by atoms with Gasteiger partial charge in [-0.3, -0.25) is 23.6 Å². The van der Waals surface area contributed by atoms with Crippen molar-refractivity contribution in [1.29, 1.82) is 0 Å². The molecule has 0 spiro atoms. The number of amidine groups is 1. The number of hydroxylamine groups is 1. The molecular formula is C27H23Cl2F4N7O5+. The van der Waals surface area contributed by atoms with Crippen LogP contribution in [0, 0.1) is 5.82 Å². The predicted octanol–water partition coefficient (Wildman–Crippen LogP) is 2.36. The molecule has 1 radical (unpaired) electrons. The standard InChI is InChI=1S/C27H23Cl2F4N7O5/c28-17-11-19-23(41)34-12-15(39(19)21(17)29)9-14-3-4-18(30)16(10-14)24(42)37-7-8-38-20(13-37)40(45-26(44)27(31,32)33)35-22(38)25(43)36-5-1-2-6-36/h3-4,10-12,20H,1-2,5-9,13H2,(H,34,41)/q+1. The van der Waals surface area contributed by atoms with Gasteiger partial charge in [0.05, 0.1) is 28.8 Å². The molecule has 12 nitrogen and oxygen atoms in total. The zero-order valence-corrected chi connectivity index (χ0v) is 24.6. The summed E-state index contributed by atoms with van der Waals surface area (Å²) in [6.45, 7) is 0.412. The van der Waals surface area contributed by atoms with Gasteiger partial charge in [-0.15, -0.1) is 0 Å². The van der Waals surface area contributed by atoms with Gasteiger partial charge >= 0.3 is 23.9 Å². The number of benzene rings is 1. The first-order chi connectivity index (χ1) is 21.3. The third kappa shape index (κ3) is 5.67. The third-order valence-corrected chi connectivity index (χ3v) is 8.55. The Labute approximate surface area is 261 Å². The summed E-state index contributed by atoms with van der Waals surface area (Å²) < 4.78 is 55.6. The zero-order chi connectivity index (χ0) is 32.2. The number of likely N-dealkylation sites (tertiary alicyclic amines) is 1. The number of halogens is 6. The van der Waals surface area contributed by atoms with Gasteiger partial charge in [-0.25, -0.2) is 14.1 Å². The number of aromatic amines is 1. The molecular weight excluding hydrogens is 649 g/mol. The van der Waals surface area contributed by atoms with E-state index in [1.54, 1.807) is 0 Å². The molecule has 3 aliphatic rings. The van der Waals surface area contributed by atoms with Gasteiger partial charge in [-0.1, -0.05) is 29.3 Å². The van der Waals surface area contributed by atoms with Crippen LogP contribution in [-0.2, 0) is 20.8 Å². The zero-order valence-electron chi connectivity index (χ0n) is 23.1. The van der Waals surface area contributed by atoms with E-state index in [0.717, 1.165) is 18.9 Å². The lowest BCUT2D eigenvalue weighted by atomic mass is 10.0. The lowest BCUT2D eigenvalue weighted by molar-refractivity contribution is -0.258. The highest BCUT2D eigenvalue weighted by molar-refractivity contribution is 6.42. The number of aromatic nitrogens is 2. The summed E-state index contributed by atoms with van der Waals surface area (Å²) in [7, 11) is 0. The number of amides is 2. The number of alkyl halides is 3. The predicted molar refractivity (Wildman–Crippen MR) is 151 cm³/mol. The third-order valence-electron chi connectivity index (χ3n) is 7.79. The molecule has 18 heteroatoms. The Hall–Kier alpha value is -4.31. The molecule has 5 heterocycles. The molecule has 3 aromatic rings. The van der Waals surface area contributed by atoms with E-state index in [0.29, 0.717) is 29.5 Å². The molecule has 45 heavy (non-hydrogen) atoms. The van der Waals surface area contributed by atoms with Gasteiger partial charge in [-0.2, -0.15) is 13.2 Å². The molecule has 1 N–H and O–H groups in total. The van der Waals surface area contributed by atoms with E-state index in [9.17, 15) is 32.3 Å². The van der Waals surface area contributed by atoms with E-state index in [-0.39, 0.29) is 53.1 Å². The quantitative estimate of drug-likeness (QED) is 0.413. The van der Waals surface area contributed by atoms with Gasteiger partial charge in [0.1, 0.15) is 23.0 Å². The average Bonchev–Trinajstić information content (AvgIpc) is 3.73. The van der Waals surface area contributed by atoms with Gasteiger partial charge in [0.2, 0.25) is 0 Å². The topological polar surface area (TPSA) is 125 Å². The number of nitrogens with one attached hydrogen (secondary N) is 1. The molecule has 0 bridgehead atoms. The normalized spacial score (nSPS) is 18.4. The monoisotopic (exact) mass is 671 g/mol. The second-order valence-corrected chi connectivity index (χ2v) is 11.4. The molecule has 3 aliphatic heterocycles. The Morgan fingerprint density at radius 2 is 1.76 bits per heavy atom. The van der Waals surface area contributed by atoms with E-state index < -0.39 is 41.5 Å². The highest BCUT2D eigenvalue weighted by Gasteiger charge is 2.56. The van der Waals surface area contributed by atoms with Gasteiger partial charge in [0.15, 0.2) is 0 Å². The molecule has 1 unspecified atom stereocenters. The minimum atomic E-state index is -5.34. The Kier molecular flexibility index (Phi) is 7.89. The maximum absolute atomic E-state index is 15.0. The van der Waals surface area contributed by atoms with Crippen LogP contribution in [0.1, 0.15) is 34.5 Å². The van der Waals surface area contributed by atoms with Crippen LogP contribution < -0.4 is 10.7 Å². The largest absolute Gasteiger partial charge is 0.493 e. The number of hydrogen-bond donors (Lipinski definition) is 1. The summed E-state index contributed by atoms with van der Waals surface area (Å²) in [6.07, 6.45) is -3.59. The Morgan fingerprint density at radius 3 is 2.47 bits per heavy atom. The minimum absolute atomic E-state index is 0.0373. The van der Waals surface area contributed by atoms with Crippen molar-refractivity contribution in [1.82, 2.24) is 34.4 Å². The highest BCUT2D eigenvalue weighted by Crippen LogP contribution is 2.28. The van der Waals surface area contributed by atoms with Gasteiger partial charge in [-0.05, 0) is 36.6 Å². The fourth-order valence-electron chi connectivity index (χ4n) is 5.60.